The number of nitro groups is 1. The van der Waals surface area contributed by atoms with Crippen LogP contribution in [0.1, 0.15) is 5.56 Å². The van der Waals surface area contributed by atoms with Crippen molar-refractivity contribution in [2.24, 2.45) is 0 Å². The number of non-ortho nitro benzene ring substituents is 1. The zero-order valence-corrected chi connectivity index (χ0v) is 12.4. The molecule has 0 N–H and O–H groups in total. The Morgan fingerprint density at radius 2 is 1.91 bits per heavy atom. The van der Waals surface area contributed by atoms with E-state index in [0.717, 1.165) is 11.6 Å². The van der Waals surface area contributed by atoms with Crippen molar-refractivity contribution in [3.63, 3.8) is 0 Å². The zero-order chi connectivity index (χ0) is 16.1. The molecule has 0 aliphatic carbocycles. The quantitative estimate of drug-likeness (QED) is 0.365. The van der Waals surface area contributed by atoms with Crippen molar-refractivity contribution in [1.29, 1.82) is 0 Å². The Balaban J connectivity index is 2.03. The van der Waals surface area contributed by atoms with Crippen molar-refractivity contribution >= 4 is 23.3 Å². The summed E-state index contributed by atoms with van der Waals surface area (Å²) in [7, 11) is 1.56. The molecule has 0 saturated heterocycles. The molecule has 0 spiro atoms. The predicted octanol–water partition coefficient (Wildman–Crippen LogP) is 3.40. The Labute approximate surface area is 131 Å². The molecule has 0 fully saturated rings. The van der Waals surface area contributed by atoms with Crippen LogP contribution in [0.5, 0.6) is 11.5 Å². The molecule has 0 radical (unpaired) electrons. The molecule has 0 bridgehead atoms. The maximum Gasteiger partial charge on any atom is 0.315 e. The highest BCUT2D eigenvalue weighted by molar-refractivity contribution is 6.32. The van der Waals surface area contributed by atoms with Gasteiger partial charge in [-0.25, -0.2) is 0 Å². The number of halogens is 1. The SMILES string of the molecule is COc1ccc(CC(=O)Oc2ccc([N+](=O)[O-])cc2Cl)cc1. The molecular formula is C15H12ClNO5. The van der Waals surface area contributed by atoms with Crippen LogP contribution in [0, 0.1) is 10.1 Å². The lowest BCUT2D eigenvalue weighted by Gasteiger charge is -2.06. The van der Waals surface area contributed by atoms with E-state index in [-0.39, 0.29) is 22.9 Å². The summed E-state index contributed by atoms with van der Waals surface area (Å²) < 4.78 is 10.1. The fourth-order valence-corrected chi connectivity index (χ4v) is 1.97. The van der Waals surface area contributed by atoms with E-state index in [9.17, 15) is 14.9 Å². The lowest BCUT2D eigenvalue weighted by Crippen LogP contribution is -2.11. The standard InChI is InChI=1S/C15H12ClNO5/c1-21-12-5-2-10(3-6-12)8-15(18)22-14-7-4-11(17(19)20)9-13(14)16/h2-7,9H,8H2,1H3. The van der Waals surface area contributed by atoms with E-state index in [4.69, 9.17) is 21.1 Å². The van der Waals surface area contributed by atoms with Crippen LogP contribution in [-0.2, 0) is 11.2 Å². The van der Waals surface area contributed by atoms with Gasteiger partial charge in [0.05, 0.1) is 23.5 Å². The predicted molar refractivity (Wildman–Crippen MR) is 80.4 cm³/mol. The Hall–Kier alpha value is -2.60. The van der Waals surface area contributed by atoms with E-state index in [1.807, 2.05) is 0 Å². The molecule has 0 amide bonds. The summed E-state index contributed by atoms with van der Waals surface area (Å²) >= 11 is 5.86. The van der Waals surface area contributed by atoms with Gasteiger partial charge in [-0.1, -0.05) is 23.7 Å². The van der Waals surface area contributed by atoms with Gasteiger partial charge in [0.15, 0.2) is 0 Å². The van der Waals surface area contributed by atoms with Gasteiger partial charge < -0.3 is 9.47 Å². The first kappa shape index (κ1) is 15.8. The monoisotopic (exact) mass is 321 g/mol. The number of ether oxygens (including phenoxy) is 2. The summed E-state index contributed by atoms with van der Waals surface area (Å²) in [4.78, 5) is 21.9. The summed E-state index contributed by atoms with van der Waals surface area (Å²) in [5.41, 5.74) is 0.587. The van der Waals surface area contributed by atoms with Gasteiger partial charge >= 0.3 is 5.97 Å². The third-order valence-corrected chi connectivity index (χ3v) is 3.15. The molecule has 0 aromatic heterocycles. The first-order chi connectivity index (χ1) is 10.5. The normalized spacial score (nSPS) is 10.1. The van der Waals surface area contributed by atoms with Crippen LogP contribution < -0.4 is 9.47 Å². The average Bonchev–Trinajstić information content (AvgIpc) is 2.50. The van der Waals surface area contributed by atoms with Gasteiger partial charge in [-0.2, -0.15) is 0 Å². The number of nitrogens with zero attached hydrogens (tertiary/aromatic N) is 1. The zero-order valence-electron chi connectivity index (χ0n) is 11.6. The van der Waals surface area contributed by atoms with E-state index in [0.29, 0.717) is 5.75 Å². The molecule has 2 aromatic carbocycles. The highest BCUT2D eigenvalue weighted by Gasteiger charge is 2.13. The number of nitro benzene ring substituents is 1. The van der Waals surface area contributed by atoms with Gasteiger partial charge in [0.25, 0.3) is 5.69 Å². The van der Waals surface area contributed by atoms with Gasteiger partial charge in [0.1, 0.15) is 11.5 Å². The summed E-state index contributed by atoms with van der Waals surface area (Å²) in [6, 6.07) is 10.6. The second-order valence-electron chi connectivity index (χ2n) is 4.37. The molecule has 0 saturated carbocycles. The lowest BCUT2D eigenvalue weighted by atomic mass is 10.1. The third kappa shape index (κ3) is 3.95. The molecule has 0 unspecified atom stereocenters. The highest BCUT2D eigenvalue weighted by atomic mass is 35.5. The smallest absolute Gasteiger partial charge is 0.315 e. The van der Waals surface area contributed by atoms with E-state index < -0.39 is 10.9 Å². The second kappa shape index (κ2) is 6.91. The molecule has 2 rings (SSSR count). The van der Waals surface area contributed by atoms with Gasteiger partial charge in [0.2, 0.25) is 0 Å². The molecule has 22 heavy (non-hydrogen) atoms. The van der Waals surface area contributed by atoms with Crippen LogP contribution in [0.15, 0.2) is 42.5 Å². The van der Waals surface area contributed by atoms with Crippen LogP contribution in [0.3, 0.4) is 0 Å². The van der Waals surface area contributed by atoms with Crippen molar-refractivity contribution in [3.8, 4) is 11.5 Å². The lowest BCUT2D eigenvalue weighted by molar-refractivity contribution is -0.384. The van der Waals surface area contributed by atoms with E-state index in [1.165, 1.54) is 12.1 Å². The number of methoxy groups -OCH3 is 1. The largest absolute Gasteiger partial charge is 0.497 e. The third-order valence-electron chi connectivity index (χ3n) is 2.86. The molecule has 0 atom stereocenters. The Kier molecular flexibility index (Phi) is 4.95. The summed E-state index contributed by atoms with van der Waals surface area (Å²) in [6.07, 6.45) is 0.0529. The number of carbonyl (C=O) groups excluding carboxylic acids is 1. The summed E-state index contributed by atoms with van der Waals surface area (Å²) in [6.45, 7) is 0. The van der Waals surface area contributed by atoms with Gasteiger partial charge in [0, 0.05) is 12.1 Å². The number of carbonyl (C=O) groups is 1. The summed E-state index contributed by atoms with van der Waals surface area (Å²) in [5, 5.41) is 10.6. The van der Waals surface area contributed by atoms with Crippen LogP contribution >= 0.6 is 11.6 Å². The Morgan fingerprint density at radius 3 is 2.45 bits per heavy atom. The van der Waals surface area contributed by atoms with Crippen LogP contribution in [-0.4, -0.2) is 18.0 Å². The fourth-order valence-electron chi connectivity index (χ4n) is 1.75. The van der Waals surface area contributed by atoms with Crippen LogP contribution in [0.2, 0.25) is 5.02 Å². The average molecular weight is 322 g/mol. The molecule has 0 heterocycles. The van der Waals surface area contributed by atoms with Crippen molar-refractivity contribution in [3.05, 3.63) is 63.2 Å². The Bertz CT molecular complexity index is 700. The number of rotatable bonds is 5. The number of benzene rings is 2. The maximum absolute atomic E-state index is 11.9. The van der Waals surface area contributed by atoms with E-state index in [1.54, 1.807) is 31.4 Å². The molecule has 6 nitrogen and oxygen atoms in total. The maximum atomic E-state index is 11.9. The molecule has 2 aromatic rings. The molecule has 0 aliphatic heterocycles. The number of esters is 1. The van der Waals surface area contributed by atoms with Crippen molar-refractivity contribution in [1.82, 2.24) is 0 Å². The van der Waals surface area contributed by atoms with Crippen molar-refractivity contribution in [2.75, 3.05) is 7.11 Å². The topological polar surface area (TPSA) is 78.7 Å². The molecule has 114 valence electrons. The van der Waals surface area contributed by atoms with Gasteiger partial charge in [-0.05, 0) is 23.8 Å². The van der Waals surface area contributed by atoms with Crippen molar-refractivity contribution in [2.45, 2.75) is 6.42 Å². The molecule has 7 heteroatoms. The minimum absolute atomic E-state index is 0.0114. The minimum Gasteiger partial charge on any atom is -0.497 e. The molecular weight excluding hydrogens is 310 g/mol. The Morgan fingerprint density at radius 1 is 1.23 bits per heavy atom. The van der Waals surface area contributed by atoms with Crippen molar-refractivity contribution < 1.29 is 19.2 Å². The van der Waals surface area contributed by atoms with Gasteiger partial charge in [-0.3, -0.25) is 14.9 Å². The fraction of sp³-hybridized carbons (Fsp3) is 0.133. The highest BCUT2D eigenvalue weighted by Crippen LogP contribution is 2.29. The first-order valence-electron chi connectivity index (χ1n) is 6.27. The van der Waals surface area contributed by atoms with E-state index >= 15 is 0 Å². The first-order valence-corrected chi connectivity index (χ1v) is 6.65. The van der Waals surface area contributed by atoms with E-state index in [2.05, 4.69) is 0 Å². The van der Waals surface area contributed by atoms with Gasteiger partial charge in [-0.15, -0.1) is 0 Å². The summed E-state index contributed by atoms with van der Waals surface area (Å²) in [5.74, 6) is 0.266. The molecule has 0 aliphatic rings. The van der Waals surface area contributed by atoms with Crippen LogP contribution in [0.25, 0.3) is 0 Å². The second-order valence-corrected chi connectivity index (χ2v) is 4.78. The number of hydrogen-bond donors (Lipinski definition) is 0. The minimum atomic E-state index is -0.575. The number of hydrogen-bond acceptors (Lipinski definition) is 5. The van der Waals surface area contributed by atoms with Crippen LogP contribution in [0.4, 0.5) is 5.69 Å².